The average Bonchev–Trinajstić information content (AvgIpc) is 3.26. The van der Waals surface area contributed by atoms with Crippen molar-refractivity contribution in [1.29, 1.82) is 0 Å². The van der Waals surface area contributed by atoms with Crippen LogP contribution in [0.3, 0.4) is 0 Å². The van der Waals surface area contributed by atoms with E-state index >= 15 is 0 Å². The lowest BCUT2D eigenvalue weighted by Gasteiger charge is -2.33. The van der Waals surface area contributed by atoms with Gasteiger partial charge in [-0.25, -0.2) is 4.68 Å². The molecule has 34 heavy (non-hydrogen) atoms. The highest BCUT2D eigenvalue weighted by atomic mass is 16.3. The van der Waals surface area contributed by atoms with E-state index in [1.165, 1.54) is 0 Å². The Hall–Kier alpha value is -3.36. The molecule has 8 nitrogen and oxygen atoms in total. The van der Waals surface area contributed by atoms with Gasteiger partial charge in [0.1, 0.15) is 0 Å². The van der Waals surface area contributed by atoms with Crippen LogP contribution in [0, 0.1) is 12.8 Å². The first-order valence-electron chi connectivity index (χ1n) is 11.7. The van der Waals surface area contributed by atoms with Crippen LogP contribution >= 0.6 is 0 Å². The van der Waals surface area contributed by atoms with E-state index in [9.17, 15) is 9.90 Å². The van der Waals surface area contributed by atoms with Crippen LogP contribution in [-0.2, 0) is 13.1 Å². The number of para-hydroxylation sites is 1. The van der Waals surface area contributed by atoms with Crippen molar-refractivity contribution in [3.63, 3.8) is 0 Å². The number of rotatable bonds is 10. The van der Waals surface area contributed by atoms with E-state index in [4.69, 9.17) is 0 Å². The number of aryl methyl sites for hydroxylation is 1. The molecule has 0 saturated carbocycles. The second kappa shape index (κ2) is 10.7. The van der Waals surface area contributed by atoms with Crippen LogP contribution in [-0.4, -0.2) is 48.3 Å². The van der Waals surface area contributed by atoms with Crippen LogP contribution in [0.1, 0.15) is 48.8 Å². The monoisotopic (exact) mass is 460 g/mol. The molecule has 0 radical (unpaired) electrons. The predicted octanol–water partition coefficient (Wildman–Crippen LogP) is 3.45. The molecule has 8 heteroatoms. The Balaban J connectivity index is 1.70. The molecule has 2 aromatic carbocycles. The smallest absolute Gasteiger partial charge is 0.252 e. The summed E-state index contributed by atoms with van der Waals surface area (Å²) in [6.45, 7) is 7.94. The van der Waals surface area contributed by atoms with Gasteiger partial charge in [-0.3, -0.25) is 9.69 Å². The van der Waals surface area contributed by atoms with Crippen molar-refractivity contribution < 1.29 is 5.11 Å². The van der Waals surface area contributed by atoms with Crippen molar-refractivity contribution in [2.75, 3.05) is 13.2 Å². The van der Waals surface area contributed by atoms with Crippen LogP contribution in [0.4, 0.5) is 0 Å². The highest BCUT2D eigenvalue weighted by Crippen LogP contribution is 2.29. The molecular weight excluding hydrogens is 428 g/mol. The largest absolute Gasteiger partial charge is 0.396 e. The number of aliphatic hydroxyl groups is 1. The summed E-state index contributed by atoms with van der Waals surface area (Å²) in [6.07, 6.45) is 0.591. The summed E-state index contributed by atoms with van der Waals surface area (Å²) in [5, 5.41) is 23.2. The Morgan fingerprint density at radius 2 is 1.91 bits per heavy atom. The van der Waals surface area contributed by atoms with Gasteiger partial charge >= 0.3 is 0 Å². The van der Waals surface area contributed by atoms with E-state index in [1.54, 1.807) is 0 Å². The Labute approximate surface area is 199 Å². The quantitative estimate of drug-likeness (QED) is 0.376. The number of nitrogens with zero attached hydrogens (tertiary/aromatic N) is 5. The summed E-state index contributed by atoms with van der Waals surface area (Å²) in [5.74, 6) is 0.936. The van der Waals surface area contributed by atoms with Crippen LogP contribution in [0.2, 0.25) is 0 Å². The molecule has 4 aromatic rings. The van der Waals surface area contributed by atoms with E-state index in [1.807, 2.05) is 54.1 Å². The molecule has 0 spiro atoms. The molecule has 0 aliphatic rings. The Bertz CT molecular complexity index is 1280. The molecule has 2 heterocycles. The zero-order chi connectivity index (χ0) is 24.1. The van der Waals surface area contributed by atoms with Gasteiger partial charge in [-0.1, -0.05) is 62.4 Å². The van der Waals surface area contributed by atoms with Crippen LogP contribution in [0.25, 0.3) is 10.9 Å². The molecule has 0 aliphatic heterocycles. The second-order valence-corrected chi connectivity index (χ2v) is 9.08. The SMILES string of the molecule is Cc1cccc2cc(CN(CCCO)C(c3nnnn3Cc3ccccc3)C(C)C)c(=O)[nH]c12. The minimum absolute atomic E-state index is 0.0730. The lowest BCUT2D eigenvalue weighted by molar-refractivity contribution is 0.122. The Kier molecular flexibility index (Phi) is 7.49. The normalized spacial score (nSPS) is 12.6. The maximum Gasteiger partial charge on any atom is 0.252 e. The Morgan fingerprint density at radius 3 is 2.65 bits per heavy atom. The fraction of sp³-hybridized carbons (Fsp3) is 0.385. The fourth-order valence-corrected chi connectivity index (χ4v) is 4.53. The lowest BCUT2D eigenvalue weighted by Crippen LogP contribution is -2.36. The number of nitrogens with one attached hydrogen (secondary N) is 1. The van der Waals surface area contributed by atoms with Crippen molar-refractivity contribution in [1.82, 2.24) is 30.1 Å². The number of aromatic nitrogens is 5. The number of fused-ring (bicyclic) bond motifs is 1. The van der Waals surface area contributed by atoms with Gasteiger partial charge in [0.2, 0.25) is 0 Å². The summed E-state index contributed by atoms with van der Waals surface area (Å²) in [4.78, 5) is 18.3. The van der Waals surface area contributed by atoms with Gasteiger partial charge in [0, 0.05) is 25.3 Å². The summed E-state index contributed by atoms with van der Waals surface area (Å²) >= 11 is 0. The average molecular weight is 461 g/mol. The number of H-pyrrole nitrogens is 1. The van der Waals surface area contributed by atoms with Crippen molar-refractivity contribution >= 4 is 10.9 Å². The van der Waals surface area contributed by atoms with E-state index in [-0.39, 0.29) is 24.1 Å². The minimum atomic E-state index is -0.127. The Morgan fingerprint density at radius 1 is 1.12 bits per heavy atom. The van der Waals surface area contributed by atoms with Crippen LogP contribution < -0.4 is 5.56 Å². The highest BCUT2D eigenvalue weighted by Gasteiger charge is 2.29. The summed E-state index contributed by atoms with van der Waals surface area (Å²) < 4.78 is 1.83. The molecule has 4 rings (SSSR count). The molecular formula is C26H32N6O2. The summed E-state index contributed by atoms with van der Waals surface area (Å²) in [6, 6.07) is 17.9. The number of hydrogen-bond acceptors (Lipinski definition) is 6. The third kappa shape index (κ3) is 5.24. The first kappa shape index (κ1) is 23.8. The van der Waals surface area contributed by atoms with E-state index < -0.39 is 0 Å². The lowest BCUT2D eigenvalue weighted by atomic mass is 10.00. The molecule has 1 unspecified atom stereocenters. The van der Waals surface area contributed by atoms with Crippen LogP contribution in [0.5, 0.6) is 0 Å². The maximum absolute atomic E-state index is 13.0. The number of aliphatic hydroxyl groups excluding tert-OH is 1. The molecule has 178 valence electrons. The van der Waals surface area contributed by atoms with Crippen molar-refractivity contribution in [3.8, 4) is 0 Å². The first-order chi connectivity index (χ1) is 16.5. The topological polar surface area (TPSA) is 99.9 Å². The van der Waals surface area contributed by atoms with E-state index in [2.05, 4.69) is 51.4 Å². The number of pyridine rings is 1. The first-order valence-corrected chi connectivity index (χ1v) is 11.7. The minimum Gasteiger partial charge on any atom is -0.396 e. The van der Waals surface area contributed by atoms with Crippen molar-refractivity contribution in [2.45, 2.75) is 46.3 Å². The predicted molar refractivity (Wildman–Crippen MR) is 132 cm³/mol. The molecule has 0 saturated heterocycles. The fourth-order valence-electron chi connectivity index (χ4n) is 4.53. The molecule has 0 aliphatic carbocycles. The zero-order valence-electron chi connectivity index (χ0n) is 20.0. The molecule has 2 N–H and O–H groups in total. The van der Waals surface area contributed by atoms with E-state index in [0.29, 0.717) is 31.6 Å². The zero-order valence-corrected chi connectivity index (χ0v) is 20.0. The highest BCUT2D eigenvalue weighted by molar-refractivity contribution is 5.81. The number of hydrogen-bond donors (Lipinski definition) is 2. The molecule has 0 bridgehead atoms. The van der Waals surface area contributed by atoms with Gasteiger partial charge in [-0.2, -0.15) is 0 Å². The molecule has 2 aromatic heterocycles. The van der Waals surface area contributed by atoms with E-state index in [0.717, 1.165) is 27.9 Å². The number of tetrazole rings is 1. The number of aromatic amines is 1. The van der Waals surface area contributed by atoms with Crippen molar-refractivity contribution in [2.24, 2.45) is 5.92 Å². The summed E-state index contributed by atoms with van der Waals surface area (Å²) in [7, 11) is 0. The third-order valence-electron chi connectivity index (χ3n) is 6.17. The molecule has 0 amide bonds. The molecule has 0 fully saturated rings. The third-order valence-corrected chi connectivity index (χ3v) is 6.17. The van der Waals surface area contributed by atoms with Crippen LogP contribution in [0.15, 0.2) is 59.4 Å². The van der Waals surface area contributed by atoms with Gasteiger partial charge < -0.3 is 10.1 Å². The molecule has 1 atom stereocenters. The second-order valence-electron chi connectivity index (χ2n) is 9.08. The van der Waals surface area contributed by atoms with Gasteiger partial charge in [-0.15, -0.1) is 5.10 Å². The van der Waals surface area contributed by atoms with Gasteiger partial charge in [0.15, 0.2) is 5.82 Å². The van der Waals surface area contributed by atoms with Gasteiger partial charge in [-0.05, 0) is 52.3 Å². The van der Waals surface area contributed by atoms with Crippen molar-refractivity contribution in [3.05, 3.63) is 87.5 Å². The van der Waals surface area contributed by atoms with Gasteiger partial charge in [0.05, 0.1) is 18.1 Å². The standard InChI is InChI=1S/C26H32N6O2/c1-18(2)24(25-28-29-30-32(25)16-20-10-5-4-6-11-20)31(13-8-14-33)17-22-15-21-12-7-9-19(3)23(21)27-26(22)34/h4-7,9-12,15,18,24,33H,8,13-14,16-17H2,1-3H3,(H,27,34). The number of benzene rings is 2. The summed E-state index contributed by atoms with van der Waals surface area (Å²) in [5.41, 5.74) is 3.61. The van der Waals surface area contributed by atoms with Gasteiger partial charge in [0.25, 0.3) is 5.56 Å². The maximum atomic E-state index is 13.0.